The van der Waals surface area contributed by atoms with Gasteiger partial charge in [0.1, 0.15) is 6.23 Å². The van der Waals surface area contributed by atoms with E-state index in [0.29, 0.717) is 12.8 Å². The first-order chi connectivity index (χ1) is 9.24. The van der Waals surface area contributed by atoms with Gasteiger partial charge in [0.25, 0.3) is 0 Å². The van der Waals surface area contributed by atoms with E-state index in [4.69, 9.17) is 0 Å². The molecule has 1 heterocycles. The maximum Gasteiger partial charge on any atom is 0.222 e. The third-order valence-electron chi connectivity index (χ3n) is 3.41. The summed E-state index contributed by atoms with van der Waals surface area (Å²) in [7, 11) is 0. The lowest BCUT2D eigenvalue weighted by Gasteiger charge is -2.24. The number of nitrogens with zero attached hydrogens (tertiary/aromatic N) is 1. The Morgan fingerprint density at radius 3 is 2.74 bits per heavy atom. The number of hydrogen-bond acceptors (Lipinski definition) is 3. The highest BCUT2D eigenvalue weighted by atomic mass is 16.3. The van der Waals surface area contributed by atoms with Crippen molar-refractivity contribution < 1.29 is 9.90 Å². The standard InChI is InChI=1S/C15H22N2O2/c18-14-8-4-10-17(11-5-9-15(19)16-14)12-13-6-2-1-3-7-13/h1-3,6-7,14,18H,4-5,8-12H2,(H,16,19). The molecule has 1 atom stereocenters. The Morgan fingerprint density at radius 2 is 1.95 bits per heavy atom. The smallest absolute Gasteiger partial charge is 0.222 e. The average Bonchev–Trinajstić information content (AvgIpc) is 2.39. The molecule has 0 radical (unpaired) electrons. The van der Waals surface area contributed by atoms with Gasteiger partial charge in [0.2, 0.25) is 5.91 Å². The fourth-order valence-corrected chi connectivity index (χ4v) is 2.41. The molecule has 1 aromatic carbocycles. The van der Waals surface area contributed by atoms with Crippen LogP contribution in [-0.2, 0) is 11.3 Å². The third kappa shape index (κ3) is 5.01. The molecule has 1 fully saturated rings. The van der Waals surface area contributed by atoms with E-state index < -0.39 is 6.23 Å². The van der Waals surface area contributed by atoms with Crippen molar-refractivity contribution in [2.45, 2.75) is 38.5 Å². The van der Waals surface area contributed by atoms with E-state index in [2.05, 4.69) is 22.3 Å². The van der Waals surface area contributed by atoms with Gasteiger partial charge in [-0.1, -0.05) is 30.3 Å². The van der Waals surface area contributed by atoms with Crippen molar-refractivity contribution in [3.8, 4) is 0 Å². The van der Waals surface area contributed by atoms with E-state index in [1.54, 1.807) is 0 Å². The Labute approximate surface area is 114 Å². The van der Waals surface area contributed by atoms with Crippen LogP contribution in [0.2, 0.25) is 0 Å². The molecule has 1 aromatic rings. The number of rotatable bonds is 2. The predicted molar refractivity (Wildman–Crippen MR) is 74.3 cm³/mol. The summed E-state index contributed by atoms with van der Waals surface area (Å²) in [6, 6.07) is 10.4. The third-order valence-corrected chi connectivity index (χ3v) is 3.41. The molecule has 1 saturated heterocycles. The van der Waals surface area contributed by atoms with Crippen LogP contribution in [0.4, 0.5) is 0 Å². The van der Waals surface area contributed by atoms with Gasteiger partial charge >= 0.3 is 0 Å². The Balaban J connectivity index is 1.90. The average molecular weight is 262 g/mol. The molecule has 0 saturated carbocycles. The number of aliphatic hydroxyl groups is 1. The summed E-state index contributed by atoms with van der Waals surface area (Å²) in [5.74, 6) is -0.0472. The Bertz CT molecular complexity index is 394. The van der Waals surface area contributed by atoms with Crippen LogP contribution in [0.1, 0.15) is 31.2 Å². The largest absolute Gasteiger partial charge is 0.374 e. The summed E-state index contributed by atoms with van der Waals surface area (Å²) in [5, 5.41) is 12.2. The second-order valence-electron chi connectivity index (χ2n) is 5.09. The number of carbonyl (C=O) groups is 1. The van der Waals surface area contributed by atoms with Crippen molar-refractivity contribution in [3.63, 3.8) is 0 Å². The molecule has 104 valence electrons. The molecule has 4 heteroatoms. The van der Waals surface area contributed by atoms with Crippen molar-refractivity contribution in [2.24, 2.45) is 0 Å². The van der Waals surface area contributed by atoms with Gasteiger partial charge in [-0.25, -0.2) is 0 Å². The molecular weight excluding hydrogens is 240 g/mol. The van der Waals surface area contributed by atoms with Gasteiger partial charge in [0.05, 0.1) is 0 Å². The Morgan fingerprint density at radius 1 is 1.21 bits per heavy atom. The van der Waals surface area contributed by atoms with Gasteiger partial charge in [-0.15, -0.1) is 0 Å². The van der Waals surface area contributed by atoms with E-state index in [-0.39, 0.29) is 5.91 Å². The van der Waals surface area contributed by atoms with Crippen LogP contribution in [0.5, 0.6) is 0 Å². The molecule has 0 aliphatic carbocycles. The summed E-state index contributed by atoms with van der Waals surface area (Å²) in [6.07, 6.45) is 2.16. The minimum Gasteiger partial charge on any atom is -0.374 e. The minimum absolute atomic E-state index is 0.0472. The zero-order chi connectivity index (χ0) is 13.5. The molecule has 1 amide bonds. The number of carbonyl (C=O) groups excluding carboxylic acids is 1. The first-order valence-corrected chi connectivity index (χ1v) is 6.98. The van der Waals surface area contributed by atoms with Crippen LogP contribution in [0.25, 0.3) is 0 Å². The number of aliphatic hydroxyl groups excluding tert-OH is 1. The molecule has 1 unspecified atom stereocenters. The Hall–Kier alpha value is -1.39. The lowest BCUT2D eigenvalue weighted by molar-refractivity contribution is -0.124. The zero-order valence-electron chi connectivity index (χ0n) is 11.2. The zero-order valence-corrected chi connectivity index (χ0v) is 11.2. The van der Waals surface area contributed by atoms with E-state index in [1.165, 1.54) is 5.56 Å². The molecule has 2 rings (SSSR count). The monoisotopic (exact) mass is 262 g/mol. The van der Waals surface area contributed by atoms with E-state index in [9.17, 15) is 9.90 Å². The summed E-state index contributed by atoms with van der Waals surface area (Å²) in [6.45, 7) is 2.80. The number of hydrogen-bond donors (Lipinski definition) is 2. The molecule has 4 nitrogen and oxygen atoms in total. The van der Waals surface area contributed by atoms with Crippen molar-refractivity contribution >= 4 is 5.91 Å². The quantitative estimate of drug-likeness (QED) is 0.849. The van der Waals surface area contributed by atoms with Gasteiger partial charge in [-0.05, 0) is 37.9 Å². The Kier molecular flexibility index (Phi) is 5.36. The van der Waals surface area contributed by atoms with Gasteiger partial charge in [0, 0.05) is 13.0 Å². The number of amides is 1. The first kappa shape index (κ1) is 14.0. The van der Waals surface area contributed by atoms with E-state index >= 15 is 0 Å². The van der Waals surface area contributed by atoms with Crippen LogP contribution in [0, 0.1) is 0 Å². The number of nitrogens with one attached hydrogen (secondary N) is 1. The van der Waals surface area contributed by atoms with Crippen LogP contribution < -0.4 is 5.32 Å². The predicted octanol–water partition coefficient (Wildman–Crippen LogP) is 1.50. The molecule has 0 bridgehead atoms. The second kappa shape index (κ2) is 7.26. The minimum atomic E-state index is -0.691. The molecular formula is C15H22N2O2. The molecule has 0 spiro atoms. The SMILES string of the molecule is O=C1CCCN(Cc2ccccc2)CCCC(O)N1. The van der Waals surface area contributed by atoms with Gasteiger partial charge in [-0.3, -0.25) is 9.69 Å². The van der Waals surface area contributed by atoms with Crippen LogP contribution in [0.15, 0.2) is 30.3 Å². The topological polar surface area (TPSA) is 52.6 Å². The summed E-state index contributed by atoms with van der Waals surface area (Å²) >= 11 is 0. The highest BCUT2D eigenvalue weighted by molar-refractivity contribution is 5.75. The maximum atomic E-state index is 11.5. The van der Waals surface area contributed by atoms with Crippen molar-refractivity contribution in [2.75, 3.05) is 13.1 Å². The van der Waals surface area contributed by atoms with Crippen molar-refractivity contribution in [3.05, 3.63) is 35.9 Å². The second-order valence-corrected chi connectivity index (χ2v) is 5.09. The number of benzene rings is 1. The fourth-order valence-electron chi connectivity index (χ4n) is 2.41. The van der Waals surface area contributed by atoms with Gasteiger partial charge in [-0.2, -0.15) is 0 Å². The van der Waals surface area contributed by atoms with E-state index in [1.807, 2.05) is 18.2 Å². The van der Waals surface area contributed by atoms with Crippen molar-refractivity contribution in [1.29, 1.82) is 0 Å². The summed E-state index contributed by atoms with van der Waals surface area (Å²) < 4.78 is 0. The van der Waals surface area contributed by atoms with Crippen molar-refractivity contribution in [1.82, 2.24) is 10.2 Å². The molecule has 1 aliphatic rings. The maximum absolute atomic E-state index is 11.5. The summed E-state index contributed by atoms with van der Waals surface area (Å²) in [5.41, 5.74) is 1.30. The lowest BCUT2D eigenvalue weighted by atomic mass is 10.1. The molecule has 19 heavy (non-hydrogen) atoms. The fraction of sp³-hybridized carbons (Fsp3) is 0.533. The molecule has 0 aromatic heterocycles. The van der Waals surface area contributed by atoms with Crippen LogP contribution in [-0.4, -0.2) is 35.2 Å². The molecule has 1 aliphatic heterocycles. The van der Waals surface area contributed by atoms with Gasteiger partial charge < -0.3 is 10.4 Å². The first-order valence-electron chi connectivity index (χ1n) is 6.98. The van der Waals surface area contributed by atoms with Crippen LogP contribution >= 0.6 is 0 Å². The highest BCUT2D eigenvalue weighted by Gasteiger charge is 2.14. The normalized spacial score (nSPS) is 22.8. The summed E-state index contributed by atoms with van der Waals surface area (Å²) in [4.78, 5) is 13.8. The molecule has 2 N–H and O–H groups in total. The van der Waals surface area contributed by atoms with Crippen LogP contribution in [0.3, 0.4) is 0 Å². The van der Waals surface area contributed by atoms with E-state index in [0.717, 1.165) is 32.5 Å². The lowest BCUT2D eigenvalue weighted by Crippen LogP contribution is -2.37. The highest BCUT2D eigenvalue weighted by Crippen LogP contribution is 2.09. The van der Waals surface area contributed by atoms with Gasteiger partial charge in [0.15, 0.2) is 0 Å².